The van der Waals surface area contributed by atoms with Crippen molar-refractivity contribution in [3.05, 3.63) is 29.8 Å². The van der Waals surface area contributed by atoms with Gasteiger partial charge in [-0.25, -0.2) is 0 Å². The molecule has 16 heavy (non-hydrogen) atoms. The van der Waals surface area contributed by atoms with Crippen LogP contribution in [0.5, 0.6) is 5.75 Å². The number of hydrogen-bond acceptors (Lipinski definition) is 2. The molecule has 1 aliphatic carbocycles. The highest BCUT2D eigenvalue weighted by Gasteiger charge is 2.31. The Hall–Kier alpha value is -1.23. The van der Waals surface area contributed by atoms with Gasteiger partial charge < -0.3 is 10.5 Å². The van der Waals surface area contributed by atoms with Crippen molar-refractivity contribution in [3.63, 3.8) is 0 Å². The molecule has 1 aliphatic rings. The molecule has 0 radical (unpaired) electrons. The van der Waals surface area contributed by atoms with E-state index < -0.39 is 11.7 Å². The Morgan fingerprint density at radius 2 is 1.69 bits per heavy atom. The van der Waals surface area contributed by atoms with Crippen LogP contribution in [0.25, 0.3) is 0 Å². The van der Waals surface area contributed by atoms with Gasteiger partial charge in [0.15, 0.2) is 0 Å². The topological polar surface area (TPSA) is 35.2 Å². The molecule has 0 atom stereocenters. The lowest BCUT2D eigenvalue weighted by Crippen LogP contribution is -2.43. The summed E-state index contributed by atoms with van der Waals surface area (Å²) in [5.41, 5.74) is 4.91. The summed E-state index contributed by atoms with van der Waals surface area (Å²) in [6.07, 6.45) is -2.72. The molecule has 0 aromatic heterocycles. The predicted molar refractivity (Wildman–Crippen MR) is 53.1 cm³/mol. The zero-order valence-corrected chi connectivity index (χ0v) is 8.50. The molecule has 2 N–H and O–H groups in total. The van der Waals surface area contributed by atoms with E-state index in [0.717, 1.165) is 25.0 Å². The van der Waals surface area contributed by atoms with Gasteiger partial charge in [-0.3, -0.25) is 0 Å². The van der Waals surface area contributed by atoms with E-state index in [1.807, 2.05) is 0 Å². The van der Waals surface area contributed by atoms with Gasteiger partial charge >= 0.3 is 6.18 Å². The number of hydrogen-bond donors (Lipinski definition) is 1. The van der Waals surface area contributed by atoms with E-state index in [-0.39, 0.29) is 12.1 Å². The number of halogens is 3. The van der Waals surface area contributed by atoms with Gasteiger partial charge in [0.05, 0.1) is 5.56 Å². The van der Waals surface area contributed by atoms with Crippen LogP contribution in [-0.4, -0.2) is 12.1 Å². The average molecular weight is 231 g/mol. The molecule has 0 saturated heterocycles. The molecule has 1 saturated carbocycles. The minimum absolute atomic E-state index is 0.0479. The largest absolute Gasteiger partial charge is 0.490 e. The van der Waals surface area contributed by atoms with Crippen LogP contribution < -0.4 is 10.5 Å². The summed E-state index contributed by atoms with van der Waals surface area (Å²) in [5, 5.41) is 0. The minimum atomic E-state index is -4.29. The van der Waals surface area contributed by atoms with Crippen molar-refractivity contribution in [1.82, 2.24) is 0 Å². The fourth-order valence-corrected chi connectivity index (χ4v) is 1.62. The van der Waals surface area contributed by atoms with Crippen molar-refractivity contribution in [2.45, 2.75) is 31.2 Å². The van der Waals surface area contributed by atoms with Crippen molar-refractivity contribution in [2.24, 2.45) is 5.73 Å². The van der Waals surface area contributed by atoms with E-state index in [2.05, 4.69) is 0 Å². The first-order valence-electron chi connectivity index (χ1n) is 5.04. The lowest BCUT2D eigenvalue weighted by Gasteiger charge is -2.32. The SMILES string of the molecule is NC1CC(Oc2ccc(C(F)(F)F)cc2)C1. The first-order chi connectivity index (χ1) is 7.45. The van der Waals surface area contributed by atoms with Crippen molar-refractivity contribution >= 4 is 0 Å². The highest BCUT2D eigenvalue weighted by Crippen LogP contribution is 2.31. The molecular formula is C11H12F3NO. The maximum atomic E-state index is 12.3. The molecule has 0 unspecified atom stereocenters. The smallest absolute Gasteiger partial charge is 0.416 e. The molecular weight excluding hydrogens is 219 g/mol. The van der Waals surface area contributed by atoms with Crippen LogP contribution in [-0.2, 0) is 6.18 Å². The van der Waals surface area contributed by atoms with Crippen LogP contribution in [0.4, 0.5) is 13.2 Å². The minimum Gasteiger partial charge on any atom is -0.490 e. The van der Waals surface area contributed by atoms with E-state index in [1.165, 1.54) is 12.1 Å². The van der Waals surface area contributed by atoms with Crippen LogP contribution in [0.1, 0.15) is 18.4 Å². The van der Waals surface area contributed by atoms with E-state index in [4.69, 9.17) is 10.5 Å². The molecule has 2 rings (SSSR count). The Bertz CT molecular complexity index is 354. The van der Waals surface area contributed by atoms with E-state index in [1.54, 1.807) is 0 Å². The summed E-state index contributed by atoms with van der Waals surface area (Å²) >= 11 is 0. The van der Waals surface area contributed by atoms with E-state index >= 15 is 0 Å². The predicted octanol–water partition coefficient (Wildman–Crippen LogP) is 2.57. The van der Waals surface area contributed by atoms with Crippen LogP contribution in [0.3, 0.4) is 0 Å². The van der Waals surface area contributed by atoms with Gasteiger partial charge in [-0.05, 0) is 37.1 Å². The summed E-state index contributed by atoms with van der Waals surface area (Å²) in [6, 6.07) is 4.89. The number of nitrogens with two attached hydrogens (primary N) is 1. The second kappa shape index (κ2) is 3.97. The Labute approximate surface area is 91.2 Å². The fourth-order valence-electron chi connectivity index (χ4n) is 1.62. The Morgan fingerprint density at radius 3 is 2.12 bits per heavy atom. The van der Waals surface area contributed by atoms with E-state index in [9.17, 15) is 13.2 Å². The number of alkyl halides is 3. The van der Waals surface area contributed by atoms with Crippen molar-refractivity contribution in [2.75, 3.05) is 0 Å². The maximum absolute atomic E-state index is 12.3. The molecule has 0 spiro atoms. The first-order valence-corrected chi connectivity index (χ1v) is 5.04. The normalized spacial score (nSPS) is 25.0. The molecule has 1 fully saturated rings. The number of ether oxygens (including phenoxy) is 1. The van der Waals surface area contributed by atoms with Crippen LogP contribution in [0.2, 0.25) is 0 Å². The van der Waals surface area contributed by atoms with Gasteiger partial charge in [-0.1, -0.05) is 0 Å². The quantitative estimate of drug-likeness (QED) is 0.849. The molecule has 0 heterocycles. The molecule has 0 aliphatic heterocycles. The summed E-state index contributed by atoms with van der Waals surface area (Å²) < 4.78 is 42.2. The van der Waals surface area contributed by atoms with Crippen LogP contribution in [0, 0.1) is 0 Å². The van der Waals surface area contributed by atoms with Crippen LogP contribution in [0.15, 0.2) is 24.3 Å². The third-order valence-electron chi connectivity index (χ3n) is 2.62. The third kappa shape index (κ3) is 2.47. The molecule has 5 heteroatoms. The van der Waals surface area contributed by atoms with Crippen molar-refractivity contribution < 1.29 is 17.9 Å². The molecule has 88 valence electrons. The monoisotopic (exact) mass is 231 g/mol. The summed E-state index contributed by atoms with van der Waals surface area (Å²) in [4.78, 5) is 0. The Kier molecular flexibility index (Phi) is 2.80. The molecule has 0 bridgehead atoms. The summed E-state index contributed by atoms with van der Waals surface area (Å²) in [5.74, 6) is 0.463. The van der Waals surface area contributed by atoms with Gasteiger partial charge in [0, 0.05) is 6.04 Å². The number of benzene rings is 1. The second-order valence-electron chi connectivity index (χ2n) is 3.99. The van der Waals surface area contributed by atoms with Crippen LogP contribution >= 0.6 is 0 Å². The Morgan fingerprint density at radius 1 is 1.12 bits per heavy atom. The zero-order valence-electron chi connectivity index (χ0n) is 8.50. The molecule has 0 amide bonds. The third-order valence-corrected chi connectivity index (χ3v) is 2.62. The highest BCUT2D eigenvalue weighted by molar-refractivity contribution is 5.29. The second-order valence-corrected chi connectivity index (χ2v) is 3.99. The van der Waals surface area contributed by atoms with E-state index in [0.29, 0.717) is 5.75 Å². The van der Waals surface area contributed by atoms with Gasteiger partial charge in [0.1, 0.15) is 11.9 Å². The van der Waals surface area contributed by atoms with Gasteiger partial charge in [0.25, 0.3) is 0 Å². The average Bonchev–Trinajstić information content (AvgIpc) is 2.15. The Balaban J connectivity index is 1.97. The maximum Gasteiger partial charge on any atom is 0.416 e. The summed E-state index contributed by atoms with van der Waals surface area (Å²) in [6.45, 7) is 0. The standard InChI is InChI=1S/C11H12F3NO/c12-11(13,14)7-1-3-9(4-2-7)16-10-5-8(15)6-10/h1-4,8,10H,5-6,15H2. The van der Waals surface area contributed by atoms with Gasteiger partial charge in [-0.2, -0.15) is 13.2 Å². The van der Waals surface area contributed by atoms with Crippen molar-refractivity contribution in [3.8, 4) is 5.75 Å². The number of rotatable bonds is 2. The van der Waals surface area contributed by atoms with Gasteiger partial charge in [-0.15, -0.1) is 0 Å². The first kappa shape index (κ1) is 11.3. The summed E-state index contributed by atoms with van der Waals surface area (Å²) in [7, 11) is 0. The molecule has 2 nitrogen and oxygen atoms in total. The molecule has 1 aromatic carbocycles. The molecule has 1 aromatic rings. The van der Waals surface area contributed by atoms with Crippen molar-refractivity contribution in [1.29, 1.82) is 0 Å². The lowest BCUT2D eigenvalue weighted by molar-refractivity contribution is -0.137. The van der Waals surface area contributed by atoms with Gasteiger partial charge in [0.2, 0.25) is 0 Å². The fraction of sp³-hybridized carbons (Fsp3) is 0.455. The lowest BCUT2D eigenvalue weighted by atomic mass is 9.90. The zero-order chi connectivity index (χ0) is 11.8. The highest BCUT2D eigenvalue weighted by atomic mass is 19.4.